The van der Waals surface area contributed by atoms with E-state index in [4.69, 9.17) is 14.2 Å². The molecule has 1 saturated heterocycles. The highest BCUT2D eigenvalue weighted by Gasteiger charge is 2.49. The molecule has 0 amide bonds. The minimum atomic E-state index is -0.0120. The molecule has 6 nitrogen and oxygen atoms in total. The summed E-state index contributed by atoms with van der Waals surface area (Å²) in [7, 11) is 0. The minimum Gasteiger partial charge on any atom is -0.466 e. The van der Waals surface area contributed by atoms with E-state index in [0.29, 0.717) is 49.5 Å². The van der Waals surface area contributed by atoms with Crippen molar-refractivity contribution in [3.8, 4) is 0 Å². The van der Waals surface area contributed by atoms with Gasteiger partial charge in [-0.1, -0.05) is 163 Å². The van der Waals surface area contributed by atoms with E-state index in [9.17, 15) is 9.59 Å². The summed E-state index contributed by atoms with van der Waals surface area (Å²) < 4.78 is 16.8. The Kier molecular flexibility index (Phi) is 29.0. The third-order valence-electron chi connectivity index (χ3n) is 12.1. The molecule has 1 unspecified atom stereocenters. The molecule has 314 valence electrons. The van der Waals surface area contributed by atoms with Gasteiger partial charge in [0.25, 0.3) is 0 Å². The topological polar surface area (TPSA) is 73.9 Å². The lowest BCUT2D eigenvalue weighted by atomic mass is 9.64. The highest BCUT2D eigenvalue weighted by molar-refractivity contribution is 5.69. The van der Waals surface area contributed by atoms with Crippen LogP contribution in [0.4, 0.5) is 0 Å². The Hall–Kier alpha value is -1.14. The van der Waals surface area contributed by atoms with Gasteiger partial charge in [-0.3, -0.25) is 9.59 Å². The Morgan fingerprint density at radius 3 is 1.57 bits per heavy atom. The van der Waals surface area contributed by atoms with Crippen LogP contribution in [-0.2, 0) is 23.8 Å². The summed E-state index contributed by atoms with van der Waals surface area (Å²) in [5, 5.41) is 4.02. The third-order valence-corrected chi connectivity index (χ3v) is 12.1. The van der Waals surface area contributed by atoms with Crippen LogP contribution in [0.3, 0.4) is 0 Å². The molecule has 2 aliphatic rings. The van der Waals surface area contributed by atoms with Gasteiger partial charge in [0.1, 0.15) is 0 Å². The molecule has 1 N–H and O–H groups in total. The Morgan fingerprint density at radius 2 is 1.06 bits per heavy atom. The minimum absolute atomic E-state index is 0. The maximum atomic E-state index is 12.6. The predicted octanol–water partition coefficient (Wildman–Crippen LogP) is 13.5. The van der Waals surface area contributed by atoms with Crippen molar-refractivity contribution in [3.05, 3.63) is 0 Å². The van der Waals surface area contributed by atoms with Crippen LogP contribution in [0.1, 0.15) is 235 Å². The first-order valence-corrected chi connectivity index (χ1v) is 23.5. The Morgan fingerprint density at radius 1 is 0.604 bits per heavy atom. The van der Waals surface area contributed by atoms with Gasteiger partial charge in [-0.05, 0) is 69.6 Å². The molecular formula is C47H91NO5. The van der Waals surface area contributed by atoms with Crippen LogP contribution in [0.2, 0.25) is 0 Å². The average molecular weight is 750 g/mol. The smallest absolute Gasteiger partial charge is 0.305 e. The number of esters is 2. The Bertz CT molecular complexity index is 858. The quantitative estimate of drug-likeness (QED) is 0.0500. The number of unbranched alkanes of at least 4 members (excludes halogenated alkanes) is 18. The lowest BCUT2D eigenvalue weighted by Gasteiger charge is -2.54. The van der Waals surface area contributed by atoms with E-state index in [1.165, 1.54) is 161 Å². The van der Waals surface area contributed by atoms with E-state index in [0.717, 1.165) is 51.2 Å². The SMILES string of the molecule is CCCCCCCC(CCCCCCC)COC(=O)CCCCCCC(CCCCCCC(=O)OCCCCCCCC(C)C)NC1CC2(COC2)C1.[HH]. The van der Waals surface area contributed by atoms with Crippen LogP contribution >= 0.6 is 0 Å². The van der Waals surface area contributed by atoms with Crippen molar-refractivity contribution in [2.45, 2.75) is 245 Å². The molecule has 0 bridgehead atoms. The van der Waals surface area contributed by atoms with Crippen molar-refractivity contribution in [1.82, 2.24) is 5.32 Å². The van der Waals surface area contributed by atoms with Gasteiger partial charge in [0.05, 0.1) is 26.4 Å². The molecule has 0 radical (unpaired) electrons. The summed E-state index contributed by atoms with van der Waals surface area (Å²) in [4.78, 5) is 24.8. The van der Waals surface area contributed by atoms with Gasteiger partial charge >= 0.3 is 11.9 Å². The molecule has 2 rings (SSSR count). The number of nitrogens with one attached hydrogen (secondary N) is 1. The molecule has 1 saturated carbocycles. The number of rotatable bonds is 38. The monoisotopic (exact) mass is 750 g/mol. The molecule has 0 aromatic carbocycles. The summed E-state index contributed by atoms with van der Waals surface area (Å²) in [6.07, 6.45) is 37.9. The van der Waals surface area contributed by atoms with Gasteiger partial charge in [-0.15, -0.1) is 0 Å². The van der Waals surface area contributed by atoms with Crippen molar-refractivity contribution in [2.24, 2.45) is 17.3 Å². The van der Waals surface area contributed by atoms with Crippen LogP contribution in [-0.4, -0.2) is 50.4 Å². The van der Waals surface area contributed by atoms with Gasteiger partial charge in [-0.2, -0.15) is 0 Å². The van der Waals surface area contributed by atoms with Crippen molar-refractivity contribution >= 4 is 11.9 Å². The van der Waals surface area contributed by atoms with Gasteiger partial charge in [0, 0.05) is 31.8 Å². The van der Waals surface area contributed by atoms with Gasteiger partial charge < -0.3 is 19.5 Å². The highest BCUT2D eigenvalue weighted by atomic mass is 16.5. The first-order chi connectivity index (χ1) is 25.9. The molecule has 1 aliphatic heterocycles. The lowest BCUT2D eigenvalue weighted by molar-refractivity contribution is -0.168. The zero-order valence-electron chi connectivity index (χ0n) is 35.8. The molecule has 1 atom stereocenters. The van der Waals surface area contributed by atoms with Crippen molar-refractivity contribution in [2.75, 3.05) is 26.4 Å². The fourth-order valence-electron chi connectivity index (χ4n) is 8.51. The van der Waals surface area contributed by atoms with E-state index < -0.39 is 0 Å². The number of hydrogen-bond acceptors (Lipinski definition) is 6. The van der Waals surface area contributed by atoms with Crippen molar-refractivity contribution in [3.63, 3.8) is 0 Å². The zero-order chi connectivity index (χ0) is 38.2. The maximum Gasteiger partial charge on any atom is 0.305 e. The average Bonchev–Trinajstić information content (AvgIpc) is 3.10. The first-order valence-electron chi connectivity index (χ1n) is 23.5. The second-order valence-electron chi connectivity index (χ2n) is 18.0. The first kappa shape index (κ1) is 48.0. The largest absolute Gasteiger partial charge is 0.466 e. The van der Waals surface area contributed by atoms with E-state index in [1.807, 2.05) is 0 Å². The number of carbonyl (C=O) groups is 2. The molecule has 1 spiro atoms. The highest BCUT2D eigenvalue weighted by Crippen LogP contribution is 2.47. The fraction of sp³-hybridized carbons (Fsp3) is 0.957. The van der Waals surface area contributed by atoms with Crippen molar-refractivity contribution in [1.29, 1.82) is 0 Å². The fourth-order valence-corrected chi connectivity index (χ4v) is 8.51. The standard InChI is InChI=1S/C47H89NO5.H2/c1-5-7-9-12-21-29-42(30-22-13-10-8-6-2)38-53-46(50)34-26-18-16-24-32-43(48-44-36-47(37-44)39-51-40-47)31-23-15-17-25-33-45(49)52-35-27-19-11-14-20-28-41(3)4;/h41-44,48H,5-40H2,1-4H3;1H. The van der Waals surface area contributed by atoms with Crippen LogP contribution in [0, 0.1) is 17.3 Å². The summed E-state index contributed by atoms with van der Waals surface area (Å²) in [5.41, 5.74) is 0.488. The van der Waals surface area contributed by atoms with Crippen molar-refractivity contribution < 1.29 is 25.2 Å². The maximum absolute atomic E-state index is 12.6. The van der Waals surface area contributed by atoms with Gasteiger partial charge in [-0.25, -0.2) is 0 Å². The number of hydrogen-bond donors (Lipinski definition) is 1. The summed E-state index contributed by atoms with van der Waals surface area (Å²) >= 11 is 0. The second kappa shape index (κ2) is 32.0. The molecule has 0 aromatic heterocycles. The normalized spacial score (nSPS) is 15.9. The molecular weight excluding hydrogens is 659 g/mol. The van der Waals surface area contributed by atoms with E-state index in [-0.39, 0.29) is 13.4 Å². The molecule has 1 aliphatic carbocycles. The Balaban J connectivity index is 0.0000146. The molecule has 6 heteroatoms. The van der Waals surface area contributed by atoms with Crippen LogP contribution in [0.15, 0.2) is 0 Å². The lowest BCUT2D eigenvalue weighted by Crippen LogP contribution is -2.60. The van der Waals surface area contributed by atoms with Gasteiger partial charge in [0.2, 0.25) is 0 Å². The molecule has 1 heterocycles. The molecule has 53 heavy (non-hydrogen) atoms. The van der Waals surface area contributed by atoms with Crippen LogP contribution < -0.4 is 5.32 Å². The van der Waals surface area contributed by atoms with E-state index >= 15 is 0 Å². The number of ether oxygens (including phenoxy) is 3. The summed E-state index contributed by atoms with van der Waals surface area (Å²) in [6.45, 7) is 12.3. The van der Waals surface area contributed by atoms with E-state index in [2.05, 4.69) is 33.0 Å². The molecule has 0 aromatic rings. The third kappa shape index (κ3) is 25.6. The molecule has 2 fully saturated rings. The van der Waals surface area contributed by atoms with E-state index in [1.54, 1.807) is 0 Å². The van der Waals surface area contributed by atoms with Gasteiger partial charge in [0.15, 0.2) is 0 Å². The summed E-state index contributed by atoms with van der Waals surface area (Å²) in [5.74, 6) is 1.35. The zero-order valence-corrected chi connectivity index (χ0v) is 35.8. The van der Waals surface area contributed by atoms with Crippen LogP contribution in [0.5, 0.6) is 0 Å². The number of carbonyl (C=O) groups excluding carboxylic acids is 2. The van der Waals surface area contributed by atoms with Crippen LogP contribution in [0.25, 0.3) is 0 Å². The predicted molar refractivity (Wildman–Crippen MR) is 225 cm³/mol. The second-order valence-corrected chi connectivity index (χ2v) is 18.0. The summed E-state index contributed by atoms with van der Waals surface area (Å²) in [6, 6.07) is 1.21. The Labute approximate surface area is 330 Å².